The average Bonchev–Trinajstić information content (AvgIpc) is 3.04. The Morgan fingerprint density at radius 3 is 1.67 bits per heavy atom. The first-order valence-corrected chi connectivity index (χ1v) is 20.7. The van der Waals surface area contributed by atoms with E-state index in [9.17, 15) is 19.0 Å². The maximum Gasteiger partial charge on any atom is 0.306 e. The number of hydrogen-bond acceptors (Lipinski definition) is 8. The first-order valence-electron chi connectivity index (χ1n) is 19.2. The van der Waals surface area contributed by atoms with E-state index in [0.29, 0.717) is 17.4 Å². The third-order valence-corrected chi connectivity index (χ3v) is 8.88. The Balaban J connectivity index is 4.34. The molecule has 10 heteroatoms. The van der Waals surface area contributed by atoms with Gasteiger partial charge in [-0.25, -0.2) is 0 Å². The predicted octanol–water partition coefficient (Wildman–Crippen LogP) is 9.55. The molecular weight excluding hydrogens is 641 g/mol. The molecule has 0 aliphatic carbocycles. The molecule has 0 saturated carbocycles. The van der Waals surface area contributed by atoms with E-state index in [0.717, 1.165) is 83.5 Å². The fourth-order valence-electron chi connectivity index (χ4n) is 4.84. The Bertz CT molecular complexity index is 944. The average molecular weight is 714 g/mol. The molecule has 49 heavy (non-hydrogen) atoms. The van der Waals surface area contributed by atoms with Gasteiger partial charge in [0.1, 0.15) is 19.8 Å². The molecule has 0 radical (unpaired) electrons. The molecule has 0 saturated heterocycles. The topological polar surface area (TPSA) is 111 Å². The number of quaternary nitrogens is 1. The highest BCUT2D eigenvalue weighted by Crippen LogP contribution is 2.38. The van der Waals surface area contributed by atoms with Crippen LogP contribution in [0.2, 0.25) is 0 Å². The van der Waals surface area contributed by atoms with Crippen molar-refractivity contribution in [1.29, 1.82) is 0 Å². The molecule has 0 rings (SSSR count). The lowest BCUT2D eigenvalue weighted by atomic mass is 10.1. The smallest absolute Gasteiger partial charge is 0.306 e. The first kappa shape index (κ1) is 47.2. The lowest BCUT2D eigenvalue weighted by molar-refractivity contribution is -0.870. The Hall–Kier alpha value is -1.77. The second-order valence-corrected chi connectivity index (χ2v) is 15.4. The molecular formula is C39H72NO8P. The summed E-state index contributed by atoms with van der Waals surface area (Å²) >= 11 is 0. The zero-order valence-corrected chi connectivity index (χ0v) is 32.8. The molecule has 0 fully saturated rings. The Morgan fingerprint density at radius 1 is 0.633 bits per heavy atom. The van der Waals surface area contributed by atoms with Gasteiger partial charge in [-0.2, -0.15) is 0 Å². The number of hydrogen-bond donors (Lipinski definition) is 0. The summed E-state index contributed by atoms with van der Waals surface area (Å²) in [6.45, 7) is 4.09. The van der Waals surface area contributed by atoms with Crippen molar-refractivity contribution in [1.82, 2.24) is 0 Å². The number of rotatable bonds is 34. The fraction of sp³-hybridized carbons (Fsp3) is 0.795. The number of carbonyl (C=O) groups excluding carboxylic acids is 2. The molecule has 0 aromatic heterocycles. The van der Waals surface area contributed by atoms with Crippen LogP contribution in [0.4, 0.5) is 0 Å². The van der Waals surface area contributed by atoms with E-state index >= 15 is 0 Å². The van der Waals surface area contributed by atoms with Crippen LogP contribution in [-0.4, -0.2) is 70.0 Å². The normalized spacial score (nSPS) is 14.2. The van der Waals surface area contributed by atoms with Gasteiger partial charge in [0, 0.05) is 12.8 Å². The highest BCUT2D eigenvalue weighted by atomic mass is 31.2. The maximum atomic E-state index is 12.6. The molecule has 0 spiro atoms. The summed E-state index contributed by atoms with van der Waals surface area (Å²) in [6, 6.07) is 0. The quantitative estimate of drug-likeness (QED) is 0.0213. The third kappa shape index (κ3) is 35.8. The molecule has 0 N–H and O–H groups in total. The van der Waals surface area contributed by atoms with Crippen LogP contribution in [0.1, 0.15) is 149 Å². The lowest BCUT2D eigenvalue weighted by Crippen LogP contribution is -2.37. The van der Waals surface area contributed by atoms with Crippen LogP contribution in [-0.2, 0) is 32.7 Å². The van der Waals surface area contributed by atoms with Crippen LogP contribution in [0.25, 0.3) is 0 Å². The van der Waals surface area contributed by atoms with Gasteiger partial charge >= 0.3 is 11.9 Å². The highest BCUT2D eigenvalue weighted by Gasteiger charge is 2.21. The van der Waals surface area contributed by atoms with E-state index in [4.69, 9.17) is 18.5 Å². The zero-order chi connectivity index (χ0) is 36.5. The van der Waals surface area contributed by atoms with Crippen LogP contribution in [0.15, 0.2) is 36.5 Å². The van der Waals surface area contributed by atoms with Crippen molar-refractivity contribution in [3.8, 4) is 0 Å². The van der Waals surface area contributed by atoms with Crippen LogP contribution < -0.4 is 4.89 Å². The Morgan fingerprint density at radius 2 is 1.10 bits per heavy atom. The number of phosphoric ester groups is 1. The molecule has 0 aliphatic heterocycles. The van der Waals surface area contributed by atoms with E-state index in [2.05, 4.69) is 50.3 Å². The van der Waals surface area contributed by atoms with Crippen LogP contribution >= 0.6 is 7.82 Å². The van der Waals surface area contributed by atoms with Gasteiger partial charge in [-0.3, -0.25) is 14.2 Å². The van der Waals surface area contributed by atoms with Gasteiger partial charge in [-0.1, -0.05) is 121 Å². The highest BCUT2D eigenvalue weighted by molar-refractivity contribution is 7.45. The molecule has 0 aromatic rings. The number of ether oxygens (including phenoxy) is 2. The summed E-state index contributed by atoms with van der Waals surface area (Å²) in [5.41, 5.74) is 0. The molecule has 0 aromatic carbocycles. The summed E-state index contributed by atoms with van der Waals surface area (Å²) in [5, 5.41) is 0. The van der Waals surface area contributed by atoms with Crippen LogP contribution in [0.5, 0.6) is 0 Å². The van der Waals surface area contributed by atoms with Gasteiger partial charge in [0.2, 0.25) is 0 Å². The van der Waals surface area contributed by atoms with Gasteiger partial charge in [-0.05, 0) is 51.4 Å². The van der Waals surface area contributed by atoms with Crippen LogP contribution in [0.3, 0.4) is 0 Å². The van der Waals surface area contributed by atoms with E-state index in [1.54, 1.807) is 0 Å². The summed E-state index contributed by atoms with van der Waals surface area (Å²) in [4.78, 5) is 37.1. The number of nitrogens with zero attached hydrogens (tertiary/aromatic N) is 1. The van der Waals surface area contributed by atoms with Crippen molar-refractivity contribution in [2.45, 2.75) is 155 Å². The van der Waals surface area contributed by atoms with Gasteiger partial charge in [0.25, 0.3) is 7.82 Å². The molecule has 9 nitrogen and oxygen atoms in total. The molecule has 0 bridgehead atoms. The van der Waals surface area contributed by atoms with Crippen molar-refractivity contribution in [3.63, 3.8) is 0 Å². The largest absolute Gasteiger partial charge is 0.756 e. The minimum atomic E-state index is -4.61. The van der Waals surface area contributed by atoms with Crippen molar-refractivity contribution in [3.05, 3.63) is 36.5 Å². The maximum absolute atomic E-state index is 12.6. The molecule has 0 aliphatic rings. The lowest BCUT2D eigenvalue weighted by Gasteiger charge is -2.28. The Labute approximate surface area is 300 Å². The zero-order valence-electron chi connectivity index (χ0n) is 31.9. The van der Waals surface area contributed by atoms with Crippen LogP contribution in [0, 0.1) is 0 Å². The van der Waals surface area contributed by atoms with Gasteiger partial charge in [0.15, 0.2) is 6.10 Å². The summed E-state index contributed by atoms with van der Waals surface area (Å²) < 4.78 is 33.6. The van der Waals surface area contributed by atoms with Gasteiger partial charge in [-0.15, -0.1) is 0 Å². The monoisotopic (exact) mass is 713 g/mol. The summed E-state index contributed by atoms with van der Waals surface area (Å²) in [5.74, 6) is -0.862. The molecule has 0 heterocycles. The third-order valence-electron chi connectivity index (χ3n) is 7.91. The van der Waals surface area contributed by atoms with Gasteiger partial charge < -0.3 is 27.9 Å². The van der Waals surface area contributed by atoms with Crippen molar-refractivity contribution < 1.29 is 42.1 Å². The predicted molar refractivity (Wildman–Crippen MR) is 199 cm³/mol. The number of phosphoric acid groups is 1. The molecule has 2 atom stereocenters. The summed E-state index contributed by atoms with van der Waals surface area (Å²) in [7, 11) is 1.15. The van der Waals surface area contributed by atoms with Crippen molar-refractivity contribution in [2.24, 2.45) is 0 Å². The van der Waals surface area contributed by atoms with E-state index < -0.39 is 32.5 Å². The second kappa shape index (κ2) is 32.2. The Kier molecular flexibility index (Phi) is 31.0. The minimum Gasteiger partial charge on any atom is -0.756 e. The molecule has 0 amide bonds. The molecule has 286 valence electrons. The number of allylic oxidation sites excluding steroid dienone is 6. The van der Waals surface area contributed by atoms with Crippen molar-refractivity contribution in [2.75, 3.05) is 47.5 Å². The molecule has 2 unspecified atom stereocenters. The number of unbranched alkanes of at least 4 members (excludes halogenated alkanes) is 14. The van der Waals surface area contributed by atoms with Crippen molar-refractivity contribution >= 4 is 19.8 Å². The number of likely N-dealkylation sites (N-methyl/N-ethyl adjacent to an activating group) is 1. The van der Waals surface area contributed by atoms with E-state index in [-0.39, 0.29) is 26.1 Å². The fourth-order valence-corrected chi connectivity index (χ4v) is 5.56. The van der Waals surface area contributed by atoms with E-state index in [1.807, 2.05) is 21.1 Å². The summed E-state index contributed by atoms with van der Waals surface area (Å²) in [6.07, 6.45) is 33.4. The number of carbonyl (C=O) groups is 2. The minimum absolute atomic E-state index is 0.0339. The standard InChI is InChI=1S/C39H72NO8P/c1-6-8-10-12-14-15-16-17-18-19-20-21-22-23-24-25-26-28-30-32-39(42)48-37(35-45-38(41)31-29-27-13-11-9-7-2)36-47-49(43,44)46-34-33-40(3,4)5/h14-15,17-18,20-21,37H,6-13,16,19,22-36H2,1-5H3/b15-14-,18-17-,21-20-. The van der Waals surface area contributed by atoms with Gasteiger partial charge in [0.05, 0.1) is 27.7 Å². The second-order valence-electron chi connectivity index (χ2n) is 13.9. The van der Waals surface area contributed by atoms with E-state index in [1.165, 1.54) is 32.1 Å². The SMILES string of the molecule is CCCCC/C=C\C/C=C\C/C=C\CCCCCCCCC(=O)OC(COC(=O)CCCCCCCC)COP(=O)([O-])OCC[N+](C)(C)C. The first-order chi connectivity index (χ1) is 23.5. The number of esters is 2.